The van der Waals surface area contributed by atoms with Crippen LogP contribution in [0.1, 0.15) is 61.3 Å². The molecule has 1 unspecified atom stereocenters. The summed E-state index contributed by atoms with van der Waals surface area (Å²) in [6, 6.07) is 5.70. The van der Waals surface area contributed by atoms with Gasteiger partial charge in [-0.3, -0.25) is 0 Å². The van der Waals surface area contributed by atoms with Crippen LogP contribution in [0.2, 0.25) is 0 Å². The summed E-state index contributed by atoms with van der Waals surface area (Å²) in [5.41, 5.74) is 1.16. The van der Waals surface area contributed by atoms with Crippen LogP contribution in [0.15, 0.2) is 35.6 Å². The highest BCUT2D eigenvalue weighted by molar-refractivity contribution is 5.90. The summed E-state index contributed by atoms with van der Waals surface area (Å²) < 4.78 is 70.6. The van der Waals surface area contributed by atoms with Gasteiger partial charge in [0.25, 0.3) is 5.78 Å². The molecule has 1 N–H and O–H groups in total. The molecule has 6 rings (SSSR count). The maximum atomic E-state index is 13.7. The number of hydrogen-bond acceptors (Lipinski definition) is 8. The molecule has 218 valence electrons. The zero-order chi connectivity index (χ0) is 29.2. The van der Waals surface area contributed by atoms with Crippen LogP contribution in [0, 0.1) is 19.8 Å². The fourth-order valence-corrected chi connectivity index (χ4v) is 6.05. The largest absolute Gasteiger partial charge is 0.512 e. The molecule has 4 heterocycles. The fraction of sp³-hybridized carbons (Fsp3) is 0.500. The number of aryl methyl sites for hydroxylation is 3. The van der Waals surface area contributed by atoms with E-state index in [0.717, 1.165) is 43.1 Å². The Morgan fingerprint density at radius 2 is 1.71 bits per heavy atom. The molecule has 1 fully saturated rings. The molecule has 1 saturated carbocycles. The summed E-state index contributed by atoms with van der Waals surface area (Å²) >= 11 is 0. The van der Waals surface area contributed by atoms with Crippen LogP contribution in [0.3, 0.4) is 0 Å². The number of alkyl halides is 4. The highest BCUT2D eigenvalue weighted by Gasteiger charge is 2.66. The summed E-state index contributed by atoms with van der Waals surface area (Å²) in [7, 11) is 0. The second-order valence-corrected chi connectivity index (χ2v) is 11.0. The molecule has 41 heavy (non-hydrogen) atoms. The second-order valence-electron chi connectivity index (χ2n) is 11.0. The molecular weight excluding hydrogens is 548 g/mol. The number of hydrogen-bond donors (Lipinski definition) is 1. The normalized spacial score (nSPS) is 23.7. The number of aliphatic hydroxyl groups is 1. The van der Waals surface area contributed by atoms with E-state index >= 15 is 0 Å². The zero-order valence-corrected chi connectivity index (χ0v) is 22.4. The molecule has 0 spiro atoms. The molecule has 0 bridgehead atoms. The van der Waals surface area contributed by atoms with Crippen LogP contribution in [-0.4, -0.2) is 48.5 Å². The van der Waals surface area contributed by atoms with Crippen LogP contribution in [0.25, 0.3) is 5.78 Å². The standard InChI is InChI=1S/C28H28F4N4O5/c1-15-11-16(2)36-25(33-15)34-23(35-36)13-19-20(37)14-26(41-24(19)38,18-5-3-4-6-18)10-9-17-7-8-21-22(12-17)40-28(31,32)27(29,30)39-21/h7-8,11-12,18,37H,3-6,9-10,13-14H2,1-2H3. The van der Waals surface area contributed by atoms with Gasteiger partial charge in [-0.05, 0) is 69.2 Å². The van der Waals surface area contributed by atoms with E-state index in [2.05, 4.69) is 24.5 Å². The molecule has 2 aliphatic heterocycles. The topological polar surface area (TPSA) is 108 Å². The van der Waals surface area contributed by atoms with Crippen molar-refractivity contribution < 1.29 is 41.7 Å². The first-order valence-corrected chi connectivity index (χ1v) is 13.5. The van der Waals surface area contributed by atoms with Crippen molar-refractivity contribution in [1.82, 2.24) is 19.6 Å². The van der Waals surface area contributed by atoms with Gasteiger partial charge in [-0.2, -0.15) is 22.5 Å². The van der Waals surface area contributed by atoms with E-state index in [4.69, 9.17) is 4.74 Å². The number of aliphatic hydroxyl groups excluding tert-OH is 1. The number of esters is 1. The lowest BCUT2D eigenvalue weighted by molar-refractivity contribution is -0.391. The van der Waals surface area contributed by atoms with E-state index in [1.807, 2.05) is 19.9 Å². The highest BCUT2D eigenvalue weighted by Crippen LogP contribution is 2.49. The van der Waals surface area contributed by atoms with Crippen molar-refractivity contribution in [3.05, 3.63) is 58.4 Å². The number of carbonyl (C=O) groups is 1. The average molecular weight is 577 g/mol. The SMILES string of the molecule is Cc1cc(C)n2nc(CC3=C(O)CC(CCc4ccc5c(c4)OC(F)(F)C(F)(F)O5)(C4CCCC4)OC3=O)nc2n1. The predicted molar refractivity (Wildman–Crippen MR) is 135 cm³/mol. The Morgan fingerprint density at radius 1 is 1.00 bits per heavy atom. The predicted octanol–water partition coefficient (Wildman–Crippen LogP) is 5.56. The Morgan fingerprint density at radius 3 is 2.41 bits per heavy atom. The van der Waals surface area contributed by atoms with Crippen LogP contribution in [-0.2, 0) is 22.4 Å². The van der Waals surface area contributed by atoms with E-state index < -0.39 is 35.3 Å². The number of benzene rings is 1. The lowest BCUT2D eigenvalue weighted by Gasteiger charge is -2.42. The first kappa shape index (κ1) is 27.3. The van der Waals surface area contributed by atoms with Gasteiger partial charge in [0, 0.05) is 24.2 Å². The van der Waals surface area contributed by atoms with Gasteiger partial charge in [0.1, 0.15) is 11.4 Å². The molecule has 1 aliphatic carbocycles. The van der Waals surface area contributed by atoms with Crippen molar-refractivity contribution in [3.63, 3.8) is 0 Å². The highest BCUT2D eigenvalue weighted by atomic mass is 19.3. The summed E-state index contributed by atoms with van der Waals surface area (Å²) in [6.45, 7) is 3.71. The Hall–Kier alpha value is -3.90. The Kier molecular flexibility index (Phi) is 6.38. The number of carbonyl (C=O) groups excluding carboxylic acids is 1. The maximum Gasteiger partial charge on any atom is 0.507 e. The van der Waals surface area contributed by atoms with E-state index in [9.17, 15) is 27.5 Å². The first-order chi connectivity index (χ1) is 19.4. The minimum Gasteiger partial charge on any atom is -0.512 e. The van der Waals surface area contributed by atoms with Gasteiger partial charge in [-0.15, -0.1) is 5.10 Å². The van der Waals surface area contributed by atoms with E-state index in [1.54, 1.807) is 4.52 Å². The minimum atomic E-state index is -4.82. The Labute approximate surface area is 232 Å². The summed E-state index contributed by atoms with van der Waals surface area (Å²) in [5, 5.41) is 15.6. The third-order valence-electron chi connectivity index (χ3n) is 8.11. The fourth-order valence-electron chi connectivity index (χ4n) is 6.05. The van der Waals surface area contributed by atoms with Crippen LogP contribution in [0.5, 0.6) is 11.5 Å². The van der Waals surface area contributed by atoms with Crippen LogP contribution < -0.4 is 9.47 Å². The zero-order valence-electron chi connectivity index (χ0n) is 22.4. The number of ether oxygens (including phenoxy) is 3. The number of rotatable bonds is 6. The van der Waals surface area contributed by atoms with Gasteiger partial charge in [0.05, 0.1) is 5.57 Å². The van der Waals surface area contributed by atoms with Crippen LogP contribution in [0.4, 0.5) is 17.6 Å². The Bertz CT molecular complexity index is 1570. The van der Waals surface area contributed by atoms with Gasteiger partial charge >= 0.3 is 18.2 Å². The molecule has 13 heteroatoms. The van der Waals surface area contributed by atoms with Crippen molar-refractivity contribution in [3.8, 4) is 11.5 Å². The quantitative estimate of drug-likeness (QED) is 0.300. The molecule has 0 radical (unpaired) electrons. The lowest BCUT2D eigenvalue weighted by Crippen LogP contribution is -2.52. The van der Waals surface area contributed by atoms with E-state index in [1.165, 1.54) is 12.1 Å². The molecule has 1 atom stereocenters. The summed E-state index contributed by atoms with van der Waals surface area (Å²) in [6.07, 6.45) is -5.53. The monoisotopic (exact) mass is 576 g/mol. The second kappa shape index (κ2) is 9.59. The smallest absolute Gasteiger partial charge is 0.507 e. The summed E-state index contributed by atoms with van der Waals surface area (Å²) in [4.78, 5) is 22.1. The van der Waals surface area contributed by atoms with Gasteiger partial charge in [-0.1, -0.05) is 18.9 Å². The molecule has 0 saturated heterocycles. The number of nitrogens with zero attached hydrogens (tertiary/aromatic N) is 4. The van der Waals surface area contributed by atoms with Gasteiger partial charge < -0.3 is 19.3 Å². The van der Waals surface area contributed by atoms with Gasteiger partial charge in [0.2, 0.25) is 0 Å². The third-order valence-corrected chi connectivity index (χ3v) is 8.11. The first-order valence-electron chi connectivity index (χ1n) is 13.5. The molecule has 9 nitrogen and oxygen atoms in total. The number of cyclic esters (lactones) is 1. The van der Waals surface area contributed by atoms with Crippen molar-refractivity contribution in [1.29, 1.82) is 0 Å². The minimum absolute atomic E-state index is 0.0153. The number of aromatic nitrogens is 4. The Balaban J connectivity index is 1.24. The molecule has 3 aliphatic rings. The van der Waals surface area contributed by atoms with Crippen LogP contribution >= 0.6 is 0 Å². The van der Waals surface area contributed by atoms with E-state index in [-0.39, 0.29) is 42.9 Å². The molecule has 1 aromatic carbocycles. The summed E-state index contributed by atoms with van der Waals surface area (Å²) in [5.74, 6) is -1.07. The number of halogens is 4. The third kappa shape index (κ3) is 4.84. The van der Waals surface area contributed by atoms with Crippen molar-refractivity contribution >= 4 is 11.7 Å². The number of fused-ring (bicyclic) bond motifs is 2. The average Bonchev–Trinajstić information content (AvgIpc) is 3.56. The van der Waals surface area contributed by atoms with Crippen molar-refractivity contribution in [2.24, 2.45) is 5.92 Å². The molecule has 2 aromatic heterocycles. The lowest BCUT2D eigenvalue weighted by atomic mass is 9.76. The molecule has 3 aromatic rings. The maximum absolute atomic E-state index is 13.7. The molecule has 0 amide bonds. The van der Waals surface area contributed by atoms with Gasteiger partial charge in [0.15, 0.2) is 17.3 Å². The van der Waals surface area contributed by atoms with Gasteiger partial charge in [-0.25, -0.2) is 14.3 Å². The van der Waals surface area contributed by atoms with Crippen molar-refractivity contribution in [2.45, 2.75) is 83.0 Å². The van der Waals surface area contributed by atoms with E-state index in [0.29, 0.717) is 17.2 Å². The molecular formula is C28H28F4N4O5. The van der Waals surface area contributed by atoms with Crippen molar-refractivity contribution in [2.75, 3.05) is 0 Å².